The summed E-state index contributed by atoms with van der Waals surface area (Å²) in [5.74, 6) is -0.00655. The Hall–Kier alpha value is -4.40. The first-order valence-corrected chi connectivity index (χ1v) is 11.8. The maximum atomic E-state index is 14.5. The zero-order valence-corrected chi connectivity index (χ0v) is 19.8. The van der Waals surface area contributed by atoms with E-state index in [-0.39, 0.29) is 23.8 Å². The summed E-state index contributed by atoms with van der Waals surface area (Å²) in [4.78, 5) is 17.7. The molecule has 182 valence electrons. The van der Waals surface area contributed by atoms with Gasteiger partial charge in [0, 0.05) is 23.7 Å². The molecule has 0 fully saturated rings. The second-order valence-corrected chi connectivity index (χ2v) is 8.85. The van der Waals surface area contributed by atoms with E-state index < -0.39 is 5.82 Å². The van der Waals surface area contributed by atoms with Crippen molar-refractivity contribution in [2.24, 2.45) is 0 Å². The molecule has 2 aliphatic heterocycles. The van der Waals surface area contributed by atoms with Gasteiger partial charge in [0.05, 0.1) is 30.0 Å². The van der Waals surface area contributed by atoms with Gasteiger partial charge in [0.1, 0.15) is 17.5 Å². The van der Waals surface area contributed by atoms with Crippen LogP contribution in [0.4, 0.5) is 15.8 Å². The van der Waals surface area contributed by atoms with Crippen molar-refractivity contribution >= 4 is 28.2 Å². The molecule has 36 heavy (non-hydrogen) atoms. The van der Waals surface area contributed by atoms with Crippen molar-refractivity contribution < 1.29 is 18.7 Å². The lowest BCUT2D eigenvalue weighted by Gasteiger charge is -2.25. The third-order valence-electron chi connectivity index (χ3n) is 6.51. The summed E-state index contributed by atoms with van der Waals surface area (Å²) < 4.78 is 27.7. The molecule has 2 atom stereocenters. The van der Waals surface area contributed by atoms with Crippen molar-refractivity contribution in [3.63, 3.8) is 0 Å². The quantitative estimate of drug-likeness (QED) is 0.397. The van der Waals surface area contributed by atoms with Gasteiger partial charge in [-0.2, -0.15) is 5.10 Å². The number of anilines is 2. The Bertz CT molecular complexity index is 1530. The van der Waals surface area contributed by atoms with Crippen LogP contribution < -0.4 is 20.1 Å². The number of carbonyl (C=O) groups is 1. The maximum Gasteiger partial charge on any atom is 0.271 e. The molecular weight excluding hydrogens is 461 g/mol. The van der Waals surface area contributed by atoms with Crippen LogP contribution in [-0.2, 0) is 0 Å². The molecule has 2 aliphatic rings. The first-order valence-electron chi connectivity index (χ1n) is 11.8. The second-order valence-electron chi connectivity index (χ2n) is 8.85. The Morgan fingerprint density at radius 3 is 3.00 bits per heavy atom. The number of nitrogens with one attached hydrogen (secondary N) is 2. The molecule has 2 aromatic carbocycles. The number of carbonyl (C=O) groups excluding carboxylic acids is 1. The number of halogens is 1. The fraction of sp³-hybridized carbons (Fsp3) is 0.222. The lowest BCUT2D eigenvalue weighted by Crippen LogP contribution is -2.39. The molecule has 0 saturated heterocycles. The minimum atomic E-state index is -0.509. The van der Waals surface area contributed by atoms with Crippen LogP contribution >= 0.6 is 0 Å². The molecule has 0 spiro atoms. The topological polar surface area (TPSA) is 90.3 Å². The fourth-order valence-electron chi connectivity index (χ4n) is 4.82. The van der Waals surface area contributed by atoms with Gasteiger partial charge in [-0.05, 0) is 55.8 Å². The Morgan fingerprint density at radius 1 is 1.25 bits per heavy atom. The summed E-state index contributed by atoms with van der Waals surface area (Å²) in [6.45, 7) is 2.42. The van der Waals surface area contributed by atoms with Gasteiger partial charge in [0.15, 0.2) is 17.3 Å². The first-order chi connectivity index (χ1) is 17.5. The van der Waals surface area contributed by atoms with Crippen LogP contribution in [0.25, 0.3) is 22.2 Å². The van der Waals surface area contributed by atoms with E-state index in [0.717, 1.165) is 16.5 Å². The molecule has 0 radical (unpaired) electrons. The number of fused-ring (bicyclic) bond motifs is 3. The maximum absolute atomic E-state index is 14.5. The number of allylic oxidation sites excluding steroid dienone is 1. The lowest BCUT2D eigenvalue weighted by molar-refractivity contribution is 0.0910. The van der Waals surface area contributed by atoms with Crippen molar-refractivity contribution in [1.29, 1.82) is 0 Å². The van der Waals surface area contributed by atoms with Gasteiger partial charge in [0.2, 0.25) is 0 Å². The van der Waals surface area contributed by atoms with Gasteiger partial charge in [-0.15, -0.1) is 0 Å². The highest BCUT2D eigenvalue weighted by Crippen LogP contribution is 2.41. The van der Waals surface area contributed by atoms with E-state index in [2.05, 4.69) is 15.6 Å². The highest BCUT2D eigenvalue weighted by molar-refractivity contribution is 6.06. The van der Waals surface area contributed by atoms with E-state index >= 15 is 0 Å². The molecule has 4 heterocycles. The van der Waals surface area contributed by atoms with Crippen molar-refractivity contribution in [3.8, 4) is 22.8 Å². The first kappa shape index (κ1) is 22.1. The molecular formula is C27H24FN5O3. The zero-order chi connectivity index (χ0) is 24.8. The number of aromatic nitrogens is 3. The number of hydrogen-bond donors (Lipinski definition) is 2. The Morgan fingerprint density at radius 2 is 2.14 bits per heavy atom. The number of amides is 1. The molecule has 8 nitrogen and oxygen atoms in total. The zero-order valence-electron chi connectivity index (χ0n) is 19.8. The van der Waals surface area contributed by atoms with Gasteiger partial charge < -0.3 is 20.1 Å². The second kappa shape index (κ2) is 8.67. The van der Waals surface area contributed by atoms with Gasteiger partial charge in [-0.25, -0.2) is 4.39 Å². The standard InChI is InChI=1S/C27H24FN5O3/c1-15-5-3-6-16-14-30-27(34)25-24(31-22-8-4-7-20(28)26(22)35-2)23(32-33(16)25)18-11-12-29-21-10-9-17(36-15)13-19(18)21/h3-5,7-13,15-16,31H,6,14H2,1-2H3,(H,30,34)/b5-3-/t15-,16?/m1/s1. The smallest absolute Gasteiger partial charge is 0.271 e. The molecule has 1 amide bonds. The highest BCUT2D eigenvalue weighted by atomic mass is 19.1. The number of ether oxygens (including phenoxy) is 2. The molecule has 0 aliphatic carbocycles. The van der Waals surface area contributed by atoms with Crippen LogP contribution in [-0.4, -0.2) is 40.4 Å². The van der Waals surface area contributed by atoms with E-state index in [9.17, 15) is 9.18 Å². The average Bonchev–Trinajstić information content (AvgIpc) is 3.25. The van der Waals surface area contributed by atoms with E-state index in [1.54, 1.807) is 23.0 Å². The van der Waals surface area contributed by atoms with Gasteiger partial charge in [0.25, 0.3) is 5.91 Å². The van der Waals surface area contributed by atoms with Gasteiger partial charge >= 0.3 is 0 Å². The third-order valence-corrected chi connectivity index (χ3v) is 6.51. The number of pyridine rings is 1. The predicted molar refractivity (Wildman–Crippen MR) is 134 cm³/mol. The summed E-state index contributed by atoms with van der Waals surface area (Å²) in [5.41, 5.74) is 3.33. The highest BCUT2D eigenvalue weighted by Gasteiger charge is 2.33. The van der Waals surface area contributed by atoms with Crippen LogP contribution in [0.5, 0.6) is 11.5 Å². The SMILES string of the molecule is COc1c(F)cccc1Nc1c2nn3c1C(=O)NCC3C/C=C\[C@@H](C)Oc1ccc3nccc-2c3c1. The summed E-state index contributed by atoms with van der Waals surface area (Å²) in [6, 6.07) is 12.1. The van der Waals surface area contributed by atoms with Crippen molar-refractivity contribution in [2.75, 3.05) is 19.0 Å². The molecule has 0 saturated carbocycles. The minimum Gasteiger partial charge on any atom is -0.492 e. The number of hydrogen-bond acceptors (Lipinski definition) is 6. The van der Waals surface area contributed by atoms with Crippen molar-refractivity contribution in [1.82, 2.24) is 20.1 Å². The number of rotatable bonds is 3. The number of nitrogens with zero attached hydrogens (tertiary/aromatic N) is 3. The lowest BCUT2D eigenvalue weighted by atomic mass is 10.0. The van der Waals surface area contributed by atoms with Crippen LogP contribution in [0.1, 0.15) is 29.9 Å². The largest absolute Gasteiger partial charge is 0.492 e. The summed E-state index contributed by atoms with van der Waals surface area (Å²) in [7, 11) is 1.41. The molecule has 2 N–H and O–H groups in total. The number of para-hydroxylation sites is 1. The normalized spacial score (nSPS) is 19.5. The Balaban J connectivity index is 1.64. The molecule has 1 unspecified atom stereocenters. The monoisotopic (exact) mass is 485 g/mol. The number of benzene rings is 2. The molecule has 2 aromatic heterocycles. The van der Waals surface area contributed by atoms with Crippen molar-refractivity contribution in [2.45, 2.75) is 25.5 Å². The summed E-state index contributed by atoms with van der Waals surface area (Å²) >= 11 is 0. The van der Waals surface area contributed by atoms with E-state index in [1.165, 1.54) is 13.2 Å². The minimum absolute atomic E-state index is 0.0535. The summed E-state index contributed by atoms with van der Waals surface area (Å²) in [6.07, 6.45) is 6.28. The Labute approximate surface area is 206 Å². The molecule has 4 aromatic rings. The average molecular weight is 486 g/mol. The predicted octanol–water partition coefficient (Wildman–Crippen LogP) is 5.00. The van der Waals surface area contributed by atoms with E-state index in [4.69, 9.17) is 14.6 Å². The van der Waals surface area contributed by atoms with Crippen LogP contribution in [0.15, 0.2) is 60.8 Å². The van der Waals surface area contributed by atoms with Gasteiger partial charge in [-0.3, -0.25) is 14.5 Å². The molecule has 4 bridgehead atoms. The van der Waals surface area contributed by atoms with E-state index in [0.29, 0.717) is 41.5 Å². The van der Waals surface area contributed by atoms with Crippen LogP contribution in [0.2, 0.25) is 0 Å². The molecule has 9 heteroatoms. The van der Waals surface area contributed by atoms with E-state index in [1.807, 2.05) is 43.3 Å². The molecule has 6 rings (SSSR count). The van der Waals surface area contributed by atoms with Crippen LogP contribution in [0.3, 0.4) is 0 Å². The fourth-order valence-corrected chi connectivity index (χ4v) is 4.82. The Kier molecular flexibility index (Phi) is 5.32. The van der Waals surface area contributed by atoms with Crippen LogP contribution in [0, 0.1) is 5.82 Å². The van der Waals surface area contributed by atoms with Crippen molar-refractivity contribution in [3.05, 3.63) is 72.3 Å². The number of methoxy groups -OCH3 is 1. The van der Waals surface area contributed by atoms with Gasteiger partial charge in [-0.1, -0.05) is 12.1 Å². The summed E-state index contributed by atoms with van der Waals surface area (Å²) in [5, 5.41) is 12.0. The third kappa shape index (κ3) is 3.64.